The third-order valence-corrected chi connectivity index (χ3v) is 3.30. The van der Waals surface area contributed by atoms with Gasteiger partial charge in [0.2, 0.25) is 0 Å². The second-order valence-electron chi connectivity index (χ2n) is 4.56. The van der Waals surface area contributed by atoms with Crippen LogP contribution in [0.2, 0.25) is 0 Å². The van der Waals surface area contributed by atoms with Crippen molar-refractivity contribution in [3.8, 4) is 28.4 Å². The average Bonchev–Trinajstić information content (AvgIpc) is 2.40. The van der Waals surface area contributed by atoms with Crippen molar-refractivity contribution < 1.29 is 15.3 Å². The summed E-state index contributed by atoms with van der Waals surface area (Å²) in [6.07, 6.45) is 1.58. The molecule has 0 heterocycles. The molecular weight excluding hydrogens is 240 g/mol. The third kappa shape index (κ3) is 2.50. The number of hydrogen-bond acceptors (Lipinski definition) is 3. The largest absolute Gasteiger partial charge is 0.508 e. The normalized spacial score (nSPS) is 10.6. The van der Waals surface area contributed by atoms with E-state index in [4.69, 9.17) is 0 Å². The van der Waals surface area contributed by atoms with Crippen LogP contribution in [0.5, 0.6) is 17.2 Å². The van der Waals surface area contributed by atoms with E-state index in [9.17, 15) is 15.3 Å². The number of phenolic OH excluding ortho intramolecular Hbond substituents is 3. The van der Waals surface area contributed by atoms with E-state index in [1.54, 1.807) is 6.07 Å². The first-order valence-electron chi connectivity index (χ1n) is 6.43. The Hall–Kier alpha value is -2.16. The second kappa shape index (κ2) is 5.22. The van der Waals surface area contributed by atoms with Gasteiger partial charge in [0, 0.05) is 11.1 Å². The minimum absolute atomic E-state index is 0.0482. The lowest BCUT2D eigenvalue weighted by atomic mass is 9.93. The molecule has 0 atom stereocenters. The van der Waals surface area contributed by atoms with E-state index in [0.29, 0.717) is 11.1 Å². The van der Waals surface area contributed by atoms with Crippen LogP contribution in [0.1, 0.15) is 25.0 Å². The van der Waals surface area contributed by atoms with Crippen LogP contribution in [0, 0.1) is 0 Å². The van der Waals surface area contributed by atoms with E-state index >= 15 is 0 Å². The van der Waals surface area contributed by atoms with Crippen molar-refractivity contribution in [1.29, 1.82) is 0 Å². The van der Waals surface area contributed by atoms with Crippen LogP contribution < -0.4 is 0 Å². The van der Waals surface area contributed by atoms with Crippen LogP contribution in [-0.4, -0.2) is 15.3 Å². The Morgan fingerprint density at radius 1 is 0.842 bits per heavy atom. The lowest BCUT2D eigenvalue weighted by Crippen LogP contribution is -1.92. The molecule has 100 valence electrons. The molecule has 0 fully saturated rings. The molecule has 0 saturated carbocycles. The highest BCUT2D eigenvalue weighted by Gasteiger charge is 2.15. The number of aromatic hydroxyl groups is 3. The second-order valence-corrected chi connectivity index (χ2v) is 4.56. The van der Waals surface area contributed by atoms with Crippen LogP contribution in [0.4, 0.5) is 0 Å². The predicted molar refractivity (Wildman–Crippen MR) is 75.6 cm³/mol. The first-order chi connectivity index (χ1) is 9.06. The molecule has 3 nitrogen and oxygen atoms in total. The first-order valence-corrected chi connectivity index (χ1v) is 6.43. The Bertz CT molecular complexity index is 603. The number of benzene rings is 2. The van der Waals surface area contributed by atoms with Gasteiger partial charge in [-0.3, -0.25) is 0 Å². The number of phenols is 3. The first kappa shape index (κ1) is 13.3. The Morgan fingerprint density at radius 3 is 2.21 bits per heavy atom. The third-order valence-electron chi connectivity index (χ3n) is 3.30. The molecular formula is C16H18O3. The van der Waals surface area contributed by atoms with E-state index in [0.717, 1.165) is 24.0 Å². The molecule has 2 aromatic carbocycles. The van der Waals surface area contributed by atoms with E-state index in [1.807, 2.05) is 19.9 Å². The summed E-state index contributed by atoms with van der Waals surface area (Å²) in [7, 11) is 0. The summed E-state index contributed by atoms with van der Waals surface area (Å²) in [5.74, 6) is 0.248. The molecule has 0 unspecified atom stereocenters. The Labute approximate surface area is 112 Å². The Morgan fingerprint density at radius 2 is 1.58 bits per heavy atom. The number of rotatable bonds is 3. The van der Waals surface area contributed by atoms with Crippen molar-refractivity contribution in [2.75, 3.05) is 0 Å². The van der Waals surface area contributed by atoms with Crippen molar-refractivity contribution in [2.45, 2.75) is 26.7 Å². The van der Waals surface area contributed by atoms with Crippen molar-refractivity contribution in [3.63, 3.8) is 0 Å². The zero-order valence-electron chi connectivity index (χ0n) is 11.1. The van der Waals surface area contributed by atoms with E-state index in [1.165, 1.54) is 18.2 Å². The fourth-order valence-electron chi connectivity index (χ4n) is 2.27. The maximum atomic E-state index is 10.2. The molecule has 0 saturated heterocycles. The maximum Gasteiger partial charge on any atom is 0.124 e. The zero-order chi connectivity index (χ0) is 14.0. The summed E-state index contributed by atoms with van der Waals surface area (Å²) in [6.45, 7) is 4.03. The highest BCUT2D eigenvalue weighted by atomic mass is 16.3. The quantitative estimate of drug-likeness (QED) is 0.737. The molecule has 3 N–H and O–H groups in total. The van der Waals surface area contributed by atoms with E-state index in [-0.39, 0.29) is 17.2 Å². The molecule has 2 aromatic rings. The number of aryl methyl sites for hydroxylation is 2. The van der Waals surface area contributed by atoms with Crippen LogP contribution >= 0.6 is 0 Å². The molecule has 0 bridgehead atoms. The molecule has 2 rings (SSSR count). The summed E-state index contributed by atoms with van der Waals surface area (Å²) >= 11 is 0. The summed E-state index contributed by atoms with van der Waals surface area (Å²) in [5.41, 5.74) is 3.06. The van der Waals surface area contributed by atoms with E-state index < -0.39 is 0 Å². The SMILES string of the molecule is CCc1cc(O)c(-c2cc(O)ccc2O)c(CC)c1. The van der Waals surface area contributed by atoms with Crippen molar-refractivity contribution in [1.82, 2.24) is 0 Å². The van der Waals surface area contributed by atoms with Gasteiger partial charge in [0.25, 0.3) is 0 Å². The van der Waals surface area contributed by atoms with Gasteiger partial charge in [-0.15, -0.1) is 0 Å². The molecule has 19 heavy (non-hydrogen) atoms. The van der Waals surface area contributed by atoms with Crippen LogP contribution in [0.25, 0.3) is 11.1 Å². The smallest absolute Gasteiger partial charge is 0.124 e. The minimum Gasteiger partial charge on any atom is -0.508 e. The topological polar surface area (TPSA) is 60.7 Å². The molecule has 0 aliphatic heterocycles. The van der Waals surface area contributed by atoms with Gasteiger partial charge in [-0.2, -0.15) is 0 Å². The van der Waals surface area contributed by atoms with Gasteiger partial charge in [-0.05, 0) is 48.2 Å². The standard InChI is InChI=1S/C16H18O3/c1-3-10-7-11(4-2)16(15(19)8-10)13-9-12(17)5-6-14(13)18/h5-9,17-19H,3-4H2,1-2H3. The lowest BCUT2D eigenvalue weighted by molar-refractivity contribution is 0.459. The lowest BCUT2D eigenvalue weighted by Gasteiger charge is -2.14. The van der Waals surface area contributed by atoms with Crippen molar-refractivity contribution in [3.05, 3.63) is 41.5 Å². The van der Waals surface area contributed by atoms with Crippen molar-refractivity contribution >= 4 is 0 Å². The van der Waals surface area contributed by atoms with Crippen LogP contribution in [0.3, 0.4) is 0 Å². The van der Waals surface area contributed by atoms with Crippen LogP contribution in [0.15, 0.2) is 30.3 Å². The zero-order valence-corrected chi connectivity index (χ0v) is 11.1. The van der Waals surface area contributed by atoms with Gasteiger partial charge in [-0.1, -0.05) is 19.9 Å². The molecule has 0 aliphatic rings. The summed E-state index contributed by atoms with van der Waals surface area (Å²) in [6, 6.07) is 8.05. The highest BCUT2D eigenvalue weighted by molar-refractivity contribution is 5.79. The molecule has 0 spiro atoms. The molecule has 0 amide bonds. The van der Waals surface area contributed by atoms with Gasteiger partial charge >= 0.3 is 0 Å². The summed E-state index contributed by atoms with van der Waals surface area (Å²) < 4.78 is 0. The average molecular weight is 258 g/mol. The van der Waals surface area contributed by atoms with Gasteiger partial charge in [0.15, 0.2) is 0 Å². The van der Waals surface area contributed by atoms with E-state index in [2.05, 4.69) is 0 Å². The monoisotopic (exact) mass is 258 g/mol. The predicted octanol–water partition coefficient (Wildman–Crippen LogP) is 3.60. The van der Waals surface area contributed by atoms with Gasteiger partial charge in [0.05, 0.1) is 0 Å². The van der Waals surface area contributed by atoms with Gasteiger partial charge < -0.3 is 15.3 Å². The maximum absolute atomic E-state index is 10.2. The molecule has 0 aromatic heterocycles. The molecule has 3 heteroatoms. The summed E-state index contributed by atoms with van der Waals surface area (Å²) in [5, 5.41) is 29.7. The fraction of sp³-hybridized carbons (Fsp3) is 0.250. The molecule has 0 radical (unpaired) electrons. The van der Waals surface area contributed by atoms with Gasteiger partial charge in [0.1, 0.15) is 17.2 Å². The van der Waals surface area contributed by atoms with Crippen molar-refractivity contribution in [2.24, 2.45) is 0 Å². The number of hydrogen-bond donors (Lipinski definition) is 3. The van der Waals surface area contributed by atoms with Gasteiger partial charge in [-0.25, -0.2) is 0 Å². The summed E-state index contributed by atoms with van der Waals surface area (Å²) in [4.78, 5) is 0. The van der Waals surface area contributed by atoms with Crippen LogP contribution in [-0.2, 0) is 12.8 Å². The highest BCUT2D eigenvalue weighted by Crippen LogP contribution is 2.40. The Balaban J connectivity index is 2.70. The Kier molecular flexibility index (Phi) is 3.65. The fourth-order valence-corrected chi connectivity index (χ4v) is 2.27. The molecule has 0 aliphatic carbocycles. The minimum atomic E-state index is 0.0482.